The molecule has 0 spiro atoms. The van der Waals surface area contributed by atoms with E-state index in [4.69, 9.17) is 14.2 Å². The second kappa shape index (κ2) is 22.3. The van der Waals surface area contributed by atoms with Crippen LogP contribution >= 0.6 is 38.6 Å². The van der Waals surface area contributed by atoms with Gasteiger partial charge in [-0.1, -0.05) is 25.2 Å². The molecule has 21 heteroatoms. The first-order valence-corrected chi connectivity index (χ1v) is 24.9. The van der Waals surface area contributed by atoms with Crippen LogP contribution in [0.3, 0.4) is 0 Å². The fourth-order valence-electron chi connectivity index (χ4n) is 7.84. The number of pyridine rings is 2. The van der Waals surface area contributed by atoms with Crippen molar-refractivity contribution in [1.29, 1.82) is 0 Å². The zero-order valence-electron chi connectivity index (χ0n) is 38.4. The maximum atomic E-state index is 9.55. The van der Waals surface area contributed by atoms with Gasteiger partial charge in [-0.05, 0) is 115 Å². The van der Waals surface area contributed by atoms with Gasteiger partial charge in [-0.2, -0.15) is 0 Å². The molecule has 0 bridgehead atoms. The molecule has 0 unspecified atom stereocenters. The van der Waals surface area contributed by atoms with Gasteiger partial charge in [0.15, 0.2) is 3.92 Å². The molecule has 0 radical (unpaired) electrons. The van der Waals surface area contributed by atoms with Crippen molar-refractivity contribution in [3.8, 4) is 39.5 Å². The highest BCUT2D eigenvalue weighted by Crippen LogP contribution is 2.31. The van der Waals surface area contributed by atoms with E-state index in [0.717, 1.165) is 119 Å². The summed E-state index contributed by atoms with van der Waals surface area (Å²) >= 11 is 6.27. The third kappa shape index (κ3) is 12.0. The Labute approximate surface area is 405 Å². The number of fused-ring (bicyclic) bond motifs is 2. The molecule has 10 rings (SSSR count). The van der Waals surface area contributed by atoms with Crippen LogP contribution in [0.5, 0.6) is 17.0 Å². The first kappa shape index (κ1) is 47.6. The van der Waals surface area contributed by atoms with Crippen molar-refractivity contribution in [3.05, 3.63) is 88.9 Å². The van der Waals surface area contributed by atoms with Gasteiger partial charge in [0, 0.05) is 86.6 Å². The number of ether oxygens (including phenoxy) is 3. The Bertz CT molecular complexity index is 2740. The smallest absolute Gasteiger partial charge is 0.294 e. The molecule has 10 heterocycles. The Morgan fingerprint density at radius 3 is 1.57 bits per heavy atom. The summed E-state index contributed by atoms with van der Waals surface area (Å²) in [7, 11) is 3.20. The van der Waals surface area contributed by atoms with E-state index in [0.29, 0.717) is 28.8 Å². The number of rotatable bonds is 12. The van der Waals surface area contributed by atoms with Crippen LogP contribution in [0.1, 0.15) is 64.5 Å². The highest BCUT2D eigenvalue weighted by atomic mass is 79.9. The number of aliphatic hydroxyl groups excluding tert-OH is 1. The van der Waals surface area contributed by atoms with Crippen LogP contribution in [-0.4, -0.2) is 117 Å². The number of aliphatic hydroxyl groups is 1. The molecule has 18 nitrogen and oxygen atoms in total. The van der Waals surface area contributed by atoms with Crippen molar-refractivity contribution in [3.63, 3.8) is 0 Å². The molecule has 67 heavy (non-hydrogen) atoms. The number of halogens is 1. The molecule has 8 aromatic rings. The minimum atomic E-state index is -0.194. The lowest BCUT2D eigenvalue weighted by Crippen LogP contribution is -2.39. The van der Waals surface area contributed by atoms with Crippen LogP contribution in [-0.2, 0) is 12.8 Å². The second-order valence-corrected chi connectivity index (χ2v) is 19.5. The van der Waals surface area contributed by atoms with Crippen molar-refractivity contribution in [2.24, 2.45) is 11.8 Å². The van der Waals surface area contributed by atoms with E-state index in [1.165, 1.54) is 28.2 Å². The Balaban J connectivity index is 0.000000150. The van der Waals surface area contributed by atoms with Gasteiger partial charge in [-0.3, -0.25) is 0 Å². The number of aryl methyl sites for hydroxylation is 2. The van der Waals surface area contributed by atoms with E-state index in [1.807, 2.05) is 68.4 Å². The van der Waals surface area contributed by atoms with Crippen molar-refractivity contribution in [1.82, 2.24) is 59.1 Å². The highest BCUT2D eigenvalue weighted by molar-refractivity contribution is 9.11. The van der Waals surface area contributed by atoms with Crippen LogP contribution in [0.2, 0.25) is 0 Å². The van der Waals surface area contributed by atoms with Crippen LogP contribution in [0.15, 0.2) is 77.8 Å². The lowest BCUT2D eigenvalue weighted by atomic mass is 9.92. The number of anilines is 2. The Kier molecular flexibility index (Phi) is 15.8. The summed E-state index contributed by atoms with van der Waals surface area (Å²) in [5, 5.41) is 19.0. The van der Waals surface area contributed by atoms with E-state index < -0.39 is 0 Å². The molecular formula is C46H55BrN14O4S2. The number of hydrogen-bond acceptors (Lipinski definition) is 18. The van der Waals surface area contributed by atoms with E-state index in [-0.39, 0.29) is 12.2 Å². The van der Waals surface area contributed by atoms with Gasteiger partial charge in [-0.15, -0.1) is 10.2 Å². The van der Waals surface area contributed by atoms with Gasteiger partial charge in [0.1, 0.15) is 6.10 Å². The molecule has 0 aliphatic carbocycles. The minimum Gasteiger partial charge on any atom is -0.481 e. The Morgan fingerprint density at radius 2 is 1.13 bits per heavy atom. The molecule has 2 saturated heterocycles. The number of imidazole rings is 2. The van der Waals surface area contributed by atoms with Gasteiger partial charge in [-0.25, -0.2) is 48.9 Å². The number of nitrogens with zero attached hydrogens (tertiary/aromatic N) is 14. The number of piperidine rings is 2. The molecule has 352 valence electrons. The predicted molar refractivity (Wildman–Crippen MR) is 263 cm³/mol. The standard InChI is InChI=1S/C23H27N7O2S.C13H21N3O.C10H7BrN4OS/c1-4-16-12-25-21(26-13-16)29-9-6-17(7-10-29)15(2)32-23-28-30-14-19(27-22(30)33-23)18-5-8-24-20(11-18)31-3;1-3-11-8-14-13(15-9-11)16-6-4-12(5-7-16)10(2)17;1-16-8-4-6(2-3-12-8)7-5-15-10(13-7)17-9(11)14-15/h5,8,11-15,17H,4,6-7,9-10H2,1-3H3;8-10,12,17H,3-7H2,1-2H3;2-5H,1H3/t15-;10-;/m11./s1. The van der Waals surface area contributed by atoms with Crippen LogP contribution in [0.25, 0.3) is 32.4 Å². The molecule has 0 saturated carbocycles. The maximum absolute atomic E-state index is 9.55. The van der Waals surface area contributed by atoms with E-state index >= 15 is 0 Å². The summed E-state index contributed by atoms with van der Waals surface area (Å²) in [5.74, 6) is 3.68. The average molecular weight is 1010 g/mol. The zero-order valence-corrected chi connectivity index (χ0v) is 41.7. The molecule has 1 N–H and O–H groups in total. The average Bonchev–Trinajstić information content (AvgIpc) is 4.15. The fraction of sp³-hybridized carbons (Fsp3) is 0.435. The van der Waals surface area contributed by atoms with Gasteiger partial charge in [0.05, 0.1) is 44.1 Å². The molecule has 2 fully saturated rings. The van der Waals surface area contributed by atoms with Gasteiger partial charge < -0.3 is 29.1 Å². The summed E-state index contributed by atoms with van der Waals surface area (Å²) in [6, 6.07) is 7.51. The third-order valence-electron chi connectivity index (χ3n) is 12.0. The summed E-state index contributed by atoms with van der Waals surface area (Å²) in [4.78, 5) is 41.3. The van der Waals surface area contributed by atoms with Crippen LogP contribution in [0, 0.1) is 11.8 Å². The molecular weight excluding hydrogens is 957 g/mol. The van der Waals surface area contributed by atoms with Gasteiger partial charge in [0.2, 0.25) is 33.6 Å². The topological polar surface area (TPSA) is 192 Å². The van der Waals surface area contributed by atoms with Crippen molar-refractivity contribution in [2.75, 3.05) is 50.2 Å². The van der Waals surface area contributed by atoms with Crippen molar-refractivity contribution in [2.45, 2.75) is 78.4 Å². The summed E-state index contributed by atoms with van der Waals surface area (Å²) < 4.78 is 20.8. The fourth-order valence-corrected chi connectivity index (χ4v) is 9.87. The van der Waals surface area contributed by atoms with Gasteiger partial charge >= 0.3 is 0 Å². The zero-order chi connectivity index (χ0) is 46.9. The van der Waals surface area contributed by atoms with Crippen LogP contribution < -0.4 is 24.0 Å². The quantitative estimate of drug-likeness (QED) is 0.123. The molecule has 2 atom stereocenters. The number of methoxy groups -OCH3 is 2. The van der Waals surface area contributed by atoms with Crippen LogP contribution in [0.4, 0.5) is 11.9 Å². The summed E-state index contributed by atoms with van der Waals surface area (Å²) in [6.45, 7) is 12.0. The molecule has 0 amide bonds. The first-order chi connectivity index (χ1) is 32.6. The monoisotopic (exact) mass is 1010 g/mol. The van der Waals surface area contributed by atoms with E-state index in [2.05, 4.69) is 96.6 Å². The summed E-state index contributed by atoms with van der Waals surface area (Å²) in [5.41, 5.74) is 5.93. The summed E-state index contributed by atoms with van der Waals surface area (Å²) in [6.07, 6.45) is 20.8. The van der Waals surface area contributed by atoms with E-state index in [9.17, 15) is 5.11 Å². The normalized spacial score (nSPS) is 15.4. The predicted octanol–water partition coefficient (Wildman–Crippen LogP) is 8.16. The SMILES string of the molecule is CCc1cnc(N2CCC([C@@H](C)O)CC2)nc1.CCc1cnc(N2CCC([C@@H](C)Oc3nn4cc(-c5ccnc(OC)c5)nc4s3)CC2)nc1.COc1cc(-c2cn3nc(Br)sc3n2)ccn1. The van der Waals surface area contributed by atoms with Crippen molar-refractivity contribution >= 4 is 60.4 Å². The number of aromatic nitrogens is 12. The lowest BCUT2D eigenvalue weighted by Gasteiger charge is -2.34. The molecule has 0 aromatic carbocycles. The molecule has 8 aromatic heterocycles. The minimum absolute atomic E-state index is 0.0790. The Hall–Kier alpha value is -5.90. The third-order valence-corrected chi connectivity index (χ3v) is 14.2. The van der Waals surface area contributed by atoms with E-state index in [1.54, 1.807) is 35.6 Å². The molecule has 2 aliphatic heterocycles. The van der Waals surface area contributed by atoms with Crippen molar-refractivity contribution < 1.29 is 19.3 Å². The highest BCUT2D eigenvalue weighted by Gasteiger charge is 2.28. The largest absolute Gasteiger partial charge is 0.481 e. The number of hydrogen-bond donors (Lipinski definition) is 1. The molecule has 2 aliphatic rings. The lowest BCUT2D eigenvalue weighted by molar-refractivity contribution is 0.109. The first-order valence-electron chi connectivity index (χ1n) is 22.4. The second-order valence-electron chi connectivity index (χ2n) is 16.3. The Morgan fingerprint density at radius 1 is 0.672 bits per heavy atom. The van der Waals surface area contributed by atoms with Gasteiger partial charge in [0.25, 0.3) is 5.19 Å². The maximum Gasteiger partial charge on any atom is 0.294 e.